The molecule has 0 saturated heterocycles. The molecule has 9 nitrogen and oxygen atoms in total. The van der Waals surface area contributed by atoms with Gasteiger partial charge in [-0.3, -0.25) is 24.5 Å². The maximum Gasteiger partial charge on any atom is 0.302 e. The van der Waals surface area contributed by atoms with E-state index in [1.54, 1.807) is 0 Å². The van der Waals surface area contributed by atoms with Gasteiger partial charge in [-0.25, -0.2) is 0 Å². The summed E-state index contributed by atoms with van der Waals surface area (Å²) in [4.78, 5) is 46.9. The van der Waals surface area contributed by atoms with Gasteiger partial charge in [0.2, 0.25) is 5.91 Å². The minimum atomic E-state index is -0.623. The first kappa shape index (κ1) is 23.3. The van der Waals surface area contributed by atoms with E-state index in [9.17, 15) is 24.5 Å². The van der Waals surface area contributed by atoms with Gasteiger partial charge in [-0.1, -0.05) is 19.3 Å². The molecule has 0 aliphatic heterocycles. The van der Waals surface area contributed by atoms with E-state index in [4.69, 9.17) is 9.47 Å². The van der Waals surface area contributed by atoms with Crippen molar-refractivity contribution in [1.29, 1.82) is 0 Å². The minimum Gasteiger partial charge on any atom is -0.494 e. The van der Waals surface area contributed by atoms with Crippen molar-refractivity contribution in [2.24, 2.45) is 0 Å². The van der Waals surface area contributed by atoms with E-state index in [0.29, 0.717) is 25.0 Å². The molecule has 0 heterocycles. The number of carbonyl (C=O) groups excluding carboxylic acids is 3. The lowest BCUT2D eigenvalue weighted by atomic mass is 9.94. The third kappa shape index (κ3) is 7.13. The highest BCUT2D eigenvalue weighted by Crippen LogP contribution is 2.24. The number of amides is 1. The van der Waals surface area contributed by atoms with Crippen LogP contribution in [0.5, 0.6) is 5.75 Å². The highest BCUT2D eigenvalue weighted by atomic mass is 16.6. The number of nitro groups is 1. The van der Waals surface area contributed by atoms with E-state index >= 15 is 0 Å². The molecule has 0 atom stereocenters. The van der Waals surface area contributed by atoms with E-state index in [0.717, 1.165) is 25.7 Å². The van der Waals surface area contributed by atoms with Gasteiger partial charge in [0.25, 0.3) is 5.69 Å². The molecule has 1 aromatic rings. The van der Waals surface area contributed by atoms with Crippen LogP contribution in [0, 0.1) is 10.1 Å². The molecule has 0 aromatic heterocycles. The average Bonchev–Trinajstić information content (AvgIpc) is 2.74. The molecule has 164 valence electrons. The van der Waals surface area contributed by atoms with Crippen molar-refractivity contribution in [2.75, 3.05) is 19.8 Å². The Bertz CT molecular complexity index is 760. The summed E-state index contributed by atoms with van der Waals surface area (Å²) < 4.78 is 10.6. The average molecular weight is 420 g/mol. The van der Waals surface area contributed by atoms with Crippen molar-refractivity contribution in [3.63, 3.8) is 0 Å². The van der Waals surface area contributed by atoms with Crippen LogP contribution in [-0.2, 0) is 14.3 Å². The molecule has 1 aromatic carbocycles. The number of rotatable bonds is 11. The van der Waals surface area contributed by atoms with E-state index in [1.165, 1.54) is 31.5 Å². The van der Waals surface area contributed by atoms with E-state index in [1.807, 2.05) is 4.90 Å². The zero-order valence-corrected chi connectivity index (χ0v) is 17.2. The summed E-state index contributed by atoms with van der Waals surface area (Å²) in [6.07, 6.45) is 6.43. The van der Waals surface area contributed by atoms with E-state index in [-0.39, 0.29) is 48.8 Å². The number of hydrogen-bond acceptors (Lipinski definition) is 7. The van der Waals surface area contributed by atoms with Crippen molar-refractivity contribution in [3.8, 4) is 5.75 Å². The number of nitro benzene ring substituents is 1. The first-order valence-electron chi connectivity index (χ1n) is 10.2. The second-order valence-electron chi connectivity index (χ2n) is 7.27. The van der Waals surface area contributed by atoms with Crippen molar-refractivity contribution in [1.82, 2.24) is 4.90 Å². The SMILES string of the molecule is CC(=O)OCCN(C(=O)CCCOc1ccc([N+](=O)[O-])c(C=O)c1)C1CCCCC1. The lowest BCUT2D eigenvalue weighted by molar-refractivity contribution is -0.385. The van der Waals surface area contributed by atoms with Crippen LogP contribution in [0.4, 0.5) is 5.69 Å². The van der Waals surface area contributed by atoms with Gasteiger partial charge in [0.05, 0.1) is 23.6 Å². The fraction of sp³-hybridized carbons (Fsp3) is 0.571. The predicted octanol–water partition coefficient (Wildman–Crippen LogP) is 3.29. The number of aldehydes is 1. The number of benzene rings is 1. The van der Waals surface area contributed by atoms with Crippen molar-refractivity contribution in [2.45, 2.75) is 57.9 Å². The van der Waals surface area contributed by atoms with E-state index in [2.05, 4.69) is 0 Å². The summed E-state index contributed by atoms with van der Waals surface area (Å²) in [5.41, 5.74) is -0.328. The van der Waals surface area contributed by atoms with Crippen LogP contribution in [0.2, 0.25) is 0 Å². The van der Waals surface area contributed by atoms with Gasteiger partial charge in [-0.15, -0.1) is 0 Å². The normalized spacial score (nSPS) is 14.0. The first-order valence-corrected chi connectivity index (χ1v) is 10.2. The predicted molar refractivity (Wildman–Crippen MR) is 108 cm³/mol. The second kappa shape index (κ2) is 11.9. The highest BCUT2D eigenvalue weighted by Gasteiger charge is 2.25. The molecule has 30 heavy (non-hydrogen) atoms. The quantitative estimate of drug-likeness (QED) is 0.177. The molecule has 0 radical (unpaired) electrons. The van der Waals surface area contributed by atoms with Crippen LogP contribution in [0.15, 0.2) is 18.2 Å². The van der Waals surface area contributed by atoms with Gasteiger partial charge >= 0.3 is 5.97 Å². The van der Waals surface area contributed by atoms with Gasteiger partial charge in [0, 0.05) is 25.5 Å². The Balaban J connectivity index is 1.86. The largest absolute Gasteiger partial charge is 0.494 e. The van der Waals surface area contributed by atoms with Crippen molar-refractivity contribution in [3.05, 3.63) is 33.9 Å². The van der Waals surface area contributed by atoms with Crippen LogP contribution in [0.25, 0.3) is 0 Å². The molecule has 1 aliphatic carbocycles. The molecular weight excluding hydrogens is 392 g/mol. The Morgan fingerprint density at radius 1 is 1.23 bits per heavy atom. The molecular formula is C21H28N2O7. The second-order valence-corrected chi connectivity index (χ2v) is 7.27. The Labute approximate surface area is 175 Å². The standard InChI is InChI=1S/C21H28N2O7/c1-16(25)29-13-11-22(18-6-3-2-4-7-18)21(26)8-5-12-30-19-9-10-20(23(27)28)17(14-19)15-24/h9-10,14-15,18H,2-8,11-13H2,1H3. The lowest BCUT2D eigenvalue weighted by Crippen LogP contribution is -2.43. The molecule has 0 unspecified atom stereocenters. The molecule has 2 rings (SSSR count). The first-order chi connectivity index (χ1) is 14.4. The molecule has 1 saturated carbocycles. The smallest absolute Gasteiger partial charge is 0.302 e. The van der Waals surface area contributed by atoms with Crippen LogP contribution in [0.1, 0.15) is 62.2 Å². The molecule has 1 aliphatic rings. The molecule has 1 amide bonds. The number of nitrogens with zero attached hydrogens (tertiary/aromatic N) is 2. The van der Waals surface area contributed by atoms with E-state index < -0.39 is 4.92 Å². The third-order valence-electron chi connectivity index (χ3n) is 5.10. The summed E-state index contributed by atoms with van der Waals surface area (Å²) in [7, 11) is 0. The zero-order valence-electron chi connectivity index (χ0n) is 17.2. The highest BCUT2D eigenvalue weighted by molar-refractivity contribution is 5.82. The maximum absolute atomic E-state index is 12.8. The Hall–Kier alpha value is -2.97. The minimum absolute atomic E-state index is 0.00469. The summed E-state index contributed by atoms with van der Waals surface area (Å²) >= 11 is 0. The van der Waals surface area contributed by atoms with Gasteiger partial charge in [-0.2, -0.15) is 0 Å². The summed E-state index contributed by atoms with van der Waals surface area (Å²) in [5, 5.41) is 10.9. The summed E-state index contributed by atoms with van der Waals surface area (Å²) in [6.45, 7) is 2.16. The van der Waals surface area contributed by atoms with Gasteiger partial charge in [0.15, 0.2) is 6.29 Å². The molecule has 0 N–H and O–H groups in total. The summed E-state index contributed by atoms with van der Waals surface area (Å²) in [6, 6.07) is 4.15. The zero-order chi connectivity index (χ0) is 21.9. The topological polar surface area (TPSA) is 116 Å². The van der Waals surface area contributed by atoms with Gasteiger partial charge in [-0.05, 0) is 31.4 Å². The van der Waals surface area contributed by atoms with Crippen LogP contribution < -0.4 is 4.74 Å². The van der Waals surface area contributed by atoms with Gasteiger partial charge in [0.1, 0.15) is 12.4 Å². The van der Waals surface area contributed by atoms with Crippen molar-refractivity contribution < 1.29 is 28.8 Å². The Morgan fingerprint density at radius 2 is 1.97 bits per heavy atom. The Morgan fingerprint density at radius 3 is 2.60 bits per heavy atom. The lowest BCUT2D eigenvalue weighted by Gasteiger charge is -2.34. The van der Waals surface area contributed by atoms with Crippen LogP contribution in [0.3, 0.4) is 0 Å². The van der Waals surface area contributed by atoms with Crippen LogP contribution in [-0.4, -0.2) is 53.8 Å². The molecule has 1 fully saturated rings. The molecule has 0 bridgehead atoms. The number of carbonyl (C=O) groups is 3. The maximum atomic E-state index is 12.8. The number of ether oxygens (including phenoxy) is 2. The molecule has 0 spiro atoms. The fourth-order valence-corrected chi connectivity index (χ4v) is 3.63. The number of hydrogen-bond donors (Lipinski definition) is 0. The van der Waals surface area contributed by atoms with Crippen molar-refractivity contribution >= 4 is 23.9 Å². The monoisotopic (exact) mass is 420 g/mol. The Kier molecular flexibility index (Phi) is 9.24. The van der Waals surface area contributed by atoms with Crippen LogP contribution >= 0.6 is 0 Å². The summed E-state index contributed by atoms with van der Waals surface area (Å²) in [5.74, 6) is -0.0266. The fourth-order valence-electron chi connectivity index (χ4n) is 3.63. The number of esters is 1. The van der Waals surface area contributed by atoms with Gasteiger partial charge < -0.3 is 14.4 Å². The third-order valence-corrected chi connectivity index (χ3v) is 5.10. The molecule has 9 heteroatoms.